The maximum atomic E-state index is 11.8. The number of amides is 1. The van der Waals surface area contributed by atoms with Gasteiger partial charge in [-0.15, -0.1) is 5.10 Å². The fourth-order valence-electron chi connectivity index (χ4n) is 1.79. The Morgan fingerprint density at radius 3 is 2.95 bits per heavy atom. The summed E-state index contributed by atoms with van der Waals surface area (Å²) in [6.07, 6.45) is 0. The summed E-state index contributed by atoms with van der Waals surface area (Å²) < 4.78 is 10.8. The maximum Gasteiger partial charge on any atom is 0.322 e. The minimum atomic E-state index is -0.358. The summed E-state index contributed by atoms with van der Waals surface area (Å²) in [5, 5.41) is 14.0. The molecule has 7 heteroatoms. The van der Waals surface area contributed by atoms with E-state index in [9.17, 15) is 4.79 Å². The number of nitrogens with zero attached hydrogens (tertiary/aromatic N) is 2. The fraction of sp³-hybridized carbons (Fsp3) is 0.133. The largest absolute Gasteiger partial charge is 0.483 e. The molecule has 1 amide bonds. The molecule has 2 aromatic heterocycles. The van der Waals surface area contributed by atoms with Gasteiger partial charge in [0.25, 0.3) is 11.8 Å². The number of para-hydroxylation sites is 1. The molecule has 112 valence electrons. The molecule has 1 N–H and O–H groups in total. The molecule has 3 aromatic rings. The molecular weight excluding hydrogens is 302 g/mol. The monoisotopic (exact) mass is 315 g/mol. The van der Waals surface area contributed by atoms with Crippen molar-refractivity contribution in [3.8, 4) is 17.2 Å². The summed E-state index contributed by atoms with van der Waals surface area (Å²) in [5.41, 5.74) is 1.79. The first-order chi connectivity index (χ1) is 10.7. The van der Waals surface area contributed by atoms with Crippen LogP contribution in [0.25, 0.3) is 11.5 Å². The predicted molar refractivity (Wildman–Crippen MR) is 82.9 cm³/mol. The average molecular weight is 315 g/mol. The number of carbonyl (C=O) groups excluding carboxylic acids is 1. The first-order valence-electron chi connectivity index (χ1n) is 6.57. The van der Waals surface area contributed by atoms with E-state index in [2.05, 4.69) is 15.5 Å². The molecule has 0 aliphatic heterocycles. The SMILES string of the molecule is Cc1ccccc1OCC(=O)Nc1nnc(-c2ccsc2)o1. The van der Waals surface area contributed by atoms with Crippen molar-refractivity contribution in [2.45, 2.75) is 6.92 Å². The number of nitrogens with one attached hydrogen (secondary N) is 1. The number of carbonyl (C=O) groups is 1. The molecule has 1 aromatic carbocycles. The van der Waals surface area contributed by atoms with Crippen molar-refractivity contribution in [1.82, 2.24) is 10.2 Å². The Kier molecular flexibility index (Phi) is 4.15. The van der Waals surface area contributed by atoms with Crippen molar-refractivity contribution in [2.24, 2.45) is 0 Å². The van der Waals surface area contributed by atoms with E-state index in [4.69, 9.17) is 9.15 Å². The van der Waals surface area contributed by atoms with Gasteiger partial charge >= 0.3 is 6.01 Å². The highest BCUT2D eigenvalue weighted by molar-refractivity contribution is 7.08. The van der Waals surface area contributed by atoms with E-state index in [-0.39, 0.29) is 18.5 Å². The molecule has 0 saturated carbocycles. The van der Waals surface area contributed by atoms with Crippen LogP contribution in [0.15, 0.2) is 45.5 Å². The van der Waals surface area contributed by atoms with Gasteiger partial charge in [0.05, 0.1) is 0 Å². The number of hydrogen-bond donors (Lipinski definition) is 1. The lowest BCUT2D eigenvalue weighted by Crippen LogP contribution is -2.20. The number of ether oxygens (including phenoxy) is 1. The molecule has 0 unspecified atom stereocenters. The number of aromatic nitrogens is 2. The number of aryl methyl sites for hydroxylation is 1. The molecule has 0 atom stereocenters. The number of benzene rings is 1. The Labute approximate surface area is 130 Å². The van der Waals surface area contributed by atoms with Gasteiger partial charge in [0.2, 0.25) is 0 Å². The number of rotatable bonds is 5. The summed E-state index contributed by atoms with van der Waals surface area (Å²) in [4.78, 5) is 11.8. The summed E-state index contributed by atoms with van der Waals surface area (Å²) in [5.74, 6) is 0.683. The van der Waals surface area contributed by atoms with E-state index in [0.29, 0.717) is 11.6 Å². The Hall–Kier alpha value is -2.67. The number of thiophene rings is 1. The molecule has 0 aliphatic carbocycles. The van der Waals surface area contributed by atoms with Crippen molar-refractivity contribution >= 4 is 23.3 Å². The van der Waals surface area contributed by atoms with Crippen LogP contribution in [-0.2, 0) is 4.79 Å². The van der Waals surface area contributed by atoms with Gasteiger partial charge in [-0.3, -0.25) is 10.1 Å². The second-order valence-corrected chi connectivity index (χ2v) is 5.31. The van der Waals surface area contributed by atoms with Gasteiger partial charge in [0.15, 0.2) is 6.61 Å². The summed E-state index contributed by atoms with van der Waals surface area (Å²) in [6, 6.07) is 9.41. The molecular formula is C15H13N3O3S. The predicted octanol–water partition coefficient (Wildman–Crippen LogP) is 3.12. The molecule has 6 nitrogen and oxygen atoms in total. The lowest BCUT2D eigenvalue weighted by Gasteiger charge is -2.07. The van der Waals surface area contributed by atoms with Crippen LogP contribution in [0.4, 0.5) is 6.01 Å². The third-order valence-electron chi connectivity index (χ3n) is 2.89. The van der Waals surface area contributed by atoms with E-state index in [0.717, 1.165) is 11.1 Å². The van der Waals surface area contributed by atoms with Gasteiger partial charge in [-0.25, -0.2) is 0 Å². The van der Waals surface area contributed by atoms with Crippen molar-refractivity contribution in [3.63, 3.8) is 0 Å². The normalized spacial score (nSPS) is 10.4. The highest BCUT2D eigenvalue weighted by atomic mass is 32.1. The smallest absolute Gasteiger partial charge is 0.322 e. The van der Waals surface area contributed by atoms with E-state index in [1.165, 1.54) is 11.3 Å². The topological polar surface area (TPSA) is 77.2 Å². The van der Waals surface area contributed by atoms with Crippen LogP contribution in [0.5, 0.6) is 5.75 Å². The number of hydrogen-bond acceptors (Lipinski definition) is 6. The molecule has 0 aliphatic rings. The fourth-order valence-corrected chi connectivity index (χ4v) is 2.42. The highest BCUT2D eigenvalue weighted by Crippen LogP contribution is 2.22. The number of anilines is 1. The summed E-state index contributed by atoms with van der Waals surface area (Å²) in [6.45, 7) is 1.79. The molecule has 0 fully saturated rings. The zero-order valence-electron chi connectivity index (χ0n) is 11.8. The molecule has 2 heterocycles. The van der Waals surface area contributed by atoms with Gasteiger partial charge in [-0.2, -0.15) is 11.3 Å². The standard InChI is InChI=1S/C15H13N3O3S/c1-10-4-2-3-5-12(10)20-8-13(19)16-15-18-17-14(21-15)11-6-7-22-9-11/h2-7,9H,8H2,1H3,(H,16,18,19). The molecule has 3 rings (SSSR count). The third kappa shape index (κ3) is 3.32. The van der Waals surface area contributed by atoms with E-state index in [1.54, 1.807) is 0 Å². The van der Waals surface area contributed by atoms with E-state index >= 15 is 0 Å². The lowest BCUT2D eigenvalue weighted by molar-refractivity contribution is -0.118. The minimum Gasteiger partial charge on any atom is -0.483 e. The van der Waals surface area contributed by atoms with Gasteiger partial charge in [-0.1, -0.05) is 23.3 Å². The first kappa shape index (κ1) is 14.3. The Morgan fingerprint density at radius 2 is 2.18 bits per heavy atom. The minimum absolute atomic E-state index is 0.0552. The van der Waals surface area contributed by atoms with E-state index < -0.39 is 0 Å². The summed E-state index contributed by atoms with van der Waals surface area (Å²) in [7, 11) is 0. The molecule has 0 bridgehead atoms. The van der Waals surface area contributed by atoms with Crippen LogP contribution in [0.2, 0.25) is 0 Å². The Morgan fingerprint density at radius 1 is 1.32 bits per heavy atom. The third-order valence-corrected chi connectivity index (χ3v) is 3.58. The van der Waals surface area contributed by atoms with Crippen molar-refractivity contribution in [1.29, 1.82) is 0 Å². The van der Waals surface area contributed by atoms with Crippen LogP contribution < -0.4 is 10.1 Å². The van der Waals surface area contributed by atoms with Crippen molar-refractivity contribution in [2.75, 3.05) is 11.9 Å². The van der Waals surface area contributed by atoms with Crippen LogP contribution in [0.3, 0.4) is 0 Å². The second kappa shape index (κ2) is 6.40. The van der Waals surface area contributed by atoms with Crippen LogP contribution in [-0.4, -0.2) is 22.7 Å². The van der Waals surface area contributed by atoms with Gasteiger partial charge in [0, 0.05) is 10.9 Å². The quantitative estimate of drug-likeness (QED) is 0.782. The van der Waals surface area contributed by atoms with Crippen molar-refractivity contribution < 1.29 is 13.9 Å². The zero-order valence-corrected chi connectivity index (χ0v) is 12.6. The zero-order chi connectivity index (χ0) is 15.4. The molecule has 0 spiro atoms. The van der Waals surface area contributed by atoms with Gasteiger partial charge in [0.1, 0.15) is 5.75 Å². The van der Waals surface area contributed by atoms with Crippen molar-refractivity contribution in [3.05, 3.63) is 46.7 Å². The van der Waals surface area contributed by atoms with Crippen LogP contribution in [0, 0.1) is 6.92 Å². The molecule has 0 saturated heterocycles. The van der Waals surface area contributed by atoms with E-state index in [1.807, 2.05) is 48.0 Å². The molecule has 22 heavy (non-hydrogen) atoms. The Balaban J connectivity index is 1.57. The summed E-state index contributed by atoms with van der Waals surface area (Å²) >= 11 is 1.53. The Bertz CT molecular complexity index is 768. The maximum absolute atomic E-state index is 11.8. The highest BCUT2D eigenvalue weighted by Gasteiger charge is 2.12. The van der Waals surface area contributed by atoms with Gasteiger partial charge in [-0.05, 0) is 30.0 Å². The van der Waals surface area contributed by atoms with Gasteiger partial charge < -0.3 is 9.15 Å². The molecule has 0 radical (unpaired) electrons. The van der Waals surface area contributed by atoms with Crippen LogP contribution >= 0.6 is 11.3 Å². The van der Waals surface area contributed by atoms with Crippen LogP contribution in [0.1, 0.15) is 5.56 Å². The lowest BCUT2D eigenvalue weighted by atomic mass is 10.2. The first-order valence-corrected chi connectivity index (χ1v) is 7.51. The second-order valence-electron chi connectivity index (χ2n) is 4.53. The average Bonchev–Trinajstić information content (AvgIpc) is 3.17.